The molecule has 0 saturated carbocycles. The first-order valence-electron chi connectivity index (χ1n) is 12.7. The van der Waals surface area contributed by atoms with Crippen LogP contribution in [0.2, 0.25) is 0 Å². The maximum Gasteiger partial charge on any atom is 0.310 e. The highest BCUT2D eigenvalue weighted by molar-refractivity contribution is 8.45. The minimum Gasteiger partial charge on any atom is -0.489 e. The van der Waals surface area contributed by atoms with Gasteiger partial charge < -0.3 is 9.47 Å². The number of fused-ring (bicyclic) bond motifs is 2. The van der Waals surface area contributed by atoms with E-state index in [1.54, 1.807) is 29.3 Å². The Balaban J connectivity index is 1.50. The van der Waals surface area contributed by atoms with Crippen molar-refractivity contribution in [1.29, 1.82) is 0 Å². The van der Waals surface area contributed by atoms with Crippen LogP contribution in [0.3, 0.4) is 0 Å². The summed E-state index contributed by atoms with van der Waals surface area (Å²) in [7, 11) is -10.3. The number of amides is 1. The molecule has 1 fully saturated rings. The highest BCUT2D eigenvalue weighted by atomic mass is 32.5. The summed E-state index contributed by atoms with van der Waals surface area (Å²) in [5, 5.41) is 1.79. The van der Waals surface area contributed by atoms with Gasteiger partial charge in [0.15, 0.2) is 0 Å². The van der Waals surface area contributed by atoms with E-state index in [1.165, 1.54) is 6.07 Å². The van der Waals surface area contributed by atoms with E-state index in [-0.39, 0.29) is 41.1 Å². The van der Waals surface area contributed by atoms with Gasteiger partial charge in [0.25, 0.3) is 5.91 Å². The predicted octanol–water partition coefficient (Wildman–Crippen LogP) is 7.89. The number of hydrogen-bond acceptors (Lipinski definition) is 5. The number of halogens is 7. The average Bonchev–Trinajstić information content (AvgIpc) is 3.45. The molecule has 4 aromatic rings. The van der Waals surface area contributed by atoms with Gasteiger partial charge in [-0.3, -0.25) is 20.2 Å². The van der Waals surface area contributed by atoms with E-state index in [2.05, 4.69) is 10.4 Å². The lowest BCUT2D eigenvalue weighted by atomic mass is 9.88. The first-order valence-corrected chi connectivity index (χ1v) is 14.7. The highest BCUT2D eigenvalue weighted by Crippen LogP contribution is 3.02. The lowest BCUT2D eigenvalue weighted by Crippen LogP contribution is -2.47. The SMILES string of the molecule is O=C(NN1CCOc2ccccc21)c1cnc2c(-c3cc(F)cc(S(F)(F)(F)(F)F)c3)c(F)ccc2c1C1CCOC1. The van der Waals surface area contributed by atoms with Crippen LogP contribution in [-0.4, -0.2) is 37.3 Å². The van der Waals surface area contributed by atoms with Crippen LogP contribution in [0.1, 0.15) is 28.3 Å². The topological polar surface area (TPSA) is 63.7 Å². The van der Waals surface area contributed by atoms with Gasteiger partial charge in [-0.1, -0.05) is 31.6 Å². The van der Waals surface area contributed by atoms with E-state index in [4.69, 9.17) is 9.47 Å². The molecule has 14 heteroatoms. The summed E-state index contributed by atoms with van der Waals surface area (Å²) >= 11 is 0. The molecule has 0 spiro atoms. The Morgan fingerprint density at radius 1 is 1.00 bits per heavy atom. The van der Waals surface area contributed by atoms with Gasteiger partial charge in [0, 0.05) is 29.7 Å². The number of hydrogen-bond donors (Lipinski definition) is 1. The van der Waals surface area contributed by atoms with Crippen LogP contribution < -0.4 is 15.2 Å². The number of anilines is 1. The second-order valence-corrected chi connectivity index (χ2v) is 12.4. The number of para-hydroxylation sites is 2. The molecule has 1 amide bonds. The van der Waals surface area contributed by atoms with Crippen molar-refractivity contribution in [3.8, 4) is 16.9 Å². The molecule has 1 atom stereocenters. The van der Waals surface area contributed by atoms with E-state index in [1.807, 2.05) is 0 Å². The molecule has 1 aromatic heterocycles. The van der Waals surface area contributed by atoms with Gasteiger partial charge >= 0.3 is 10.2 Å². The summed E-state index contributed by atoms with van der Waals surface area (Å²) < 4.78 is 109. The molecule has 3 aromatic carbocycles. The van der Waals surface area contributed by atoms with Crippen LogP contribution in [-0.2, 0) is 4.74 Å². The molecule has 0 aliphatic carbocycles. The third-order valence-corrected chi connectivity index (χ3v) is 8.31. The van der Waals surface area contributed by atoms with Crippen molar-refractivity contribution in [2.45, 2.75) is 17.2 Å². The first kappa shape index (κ1) is 28.1. The standard InChI is InChI=1S/C28H22F7N3O3S/c29-18-11-17(12-19(13-18)42(31,32,33,34)35)26-22(30)6-5-20-25(16-7-9-40-15-16)21(14-36-27(20)26)28(39)37-38-8-10-41-24-4-2-1-3-23(24)38/h1-6,11-14,16H,7-10,15H2,(H,37,39). The van der Waals surface area contributed by atoms with E-state index < -0.39 is 43.8 Å². The maximum atomic E-state index is 15.2. The van der Waals surface area contributed by atoms with Crippen molar-refractivity contribution in [1.82, 2.24) is 10.4 Å². The van der Waals surface area contributed by atoms with Crippen molar-refractivity contribution >= 4 is 32.7 Å². The van der Waals surface area contributed by atoms with Gasteiger partial charge in [-0.05, 0) is 60.0 Å². The van der Waals surface area contributed by atoms with E-state index >= 15 is 4.39 Å². The number of ether oxygens (including phenoxy) is 2. The predicted molar refractivity (Wildman–Crippen MR) is 143 cm³/mol. The Labute approximate surface area is 234 Å². The smallest absolute Gasteiger partial charge is 0.310 e. The van der Waals surface area contributed by atoms with Crippen LogP contribution >= 0.6 is 10.2 Å². The monoisotopic (exact) mass is 613 g/mol. The fourth-order valence-corrected chi connectivity index (χ4v) is 6.00. The van der Waals surface area contributed by atoms with Crippen molar-refractivity contribution in [3.05, 3.63) is 83.6 Å². The third kappa shape index (κ3) is 5.20. The number of hydrazine groups is 1. The Morgan fingerprint density at radius 2 is 1.79 bits per heavy atom. The van der Waals surface area contributed by atoms with Gasteiger partial charge in [-0.25, -0.2) is 8.78 Å². The minimum atomic E-state index is -10.3. The molecule has 6 nitrogen and oxygen atoms in total. The summed E-state index contributed by atoms with van der Waals surface area (Å²) in [6.45, 7) is 1.18. The van der Waals surface area contributed by atoms with E-state index in [9.17, 15) is 28.6 Å². The van der Waals surface area contributed by atoms with Crippen LogP contribution in [0.15, 0.2) is 65.7 Å². The molecule has 2 aliphatic rings. The summed E-state index contributed by atoms with van der Waals surface area (Å²) in [5.41, 5.74) is 2.34. The molecule has 1 N–H and O–H groups in total. The zero-order valence-corrected chi connectivity index (χ0v) is 22.4. The van der Waals surface area contributed by atoms with Crippen molar-refractivity contribution < 1.29 is 42.5 Å². The van der Waals surface area contributed by atoms with Crippen LogP contribution in [0.25, 0.3) is 22.0 Å². The van der Waals surface area contributed by atoms with Gasteiger partial charge in [-0.2, -0.15) is 0 Å². The zero-order chi connectivity index (χ0) is 29.9. The van der Waals surface area contributed by atoms with Crippen LogP contribution in [0, 0.1) is 11.6 Å². The molecular weight excluding hydrogens is 591 g/mol. The number of carbonyl (C=O) groups excluding carboxylic acids is 1. The molecular formula is C28H22F7N3O3S. The number of nitrogens with zero attached hydrogens (tertiary/aromatic N) is 2. The molecule has 1 saturated heterocycles. The van der Waals surface area contributed by atoms with Gasteiger partial charge in [0.1, 0.15) is 28.9 Å². The molecule has 2 aliphatic heterocycles. The Morgan fingerprint density at radius 3 is 2.52 bits per heavy atom. The number of rotatable bonds is 5. The Hall–Kier alpha value is -4.04. The Bertz CT molecular complexity index is 1750. The Kier molecular flexibility index (Phi) is 6.17. The van der Waals surface area contributed by atoms with Crippen LogP contribution in [0.5, 0.6) is 5.75 Å². The van der Waals surface area contributed by atoms with Crippen molar-refractivity contribution in [3.63, 3.8) is 0 Å². The van der Waals surface area contributed by atoms with Crippen LogP contribution in [0.4, 0.5) is 33.9 Å². The van der Waals surface area contributed by atoms with Crippen molar-refractivity contribution in [2.75, 3.05) is 31.4 Å². The molecule has 0 radical (unpaired) electrons. The lowest BCUT2D eigenvalue weighted by molar-refractivity contribution is 0.0943. The number of pyridine rings is 1. The van der Waals surface area contributed by atoms with E-state index in [0.29, 0.717) is 49.2 Å². The summed E-state index contributed by atoms with van der Waals surface area (Å²) in [6.07, 6.45) is 1.62. The van der Waals surface area contributed by atoms with E-state index in [0.717, 1.165) is 12.3 Å². The first-order chi connectivity index (χ1) is 19.7. The minimum absolute atomic E-state index is 0.0129. The molecule has 42 heavy (non-hydrogen) atoms. The molecule has 222 valence electrons. The molecule has 6 rings (SSSR count). The second-order valence-electron chi connectivity index (χ2n) is 10.0. The fourth-order valence-electron chi connectivity index (χ4n) is 5.32. The maximum absolute atomic E-state index is 15.2. The quantitative estimate of drug-likeness (QED) is 0.232. The summed E-state index contributed by atoms with van der Waals surface area (Å²) in [4.78, 5) is 15.3. The number of benzene rings is 3. The number of aromatic nitrogens is 1. The fraction of sp³-hybridized carbons (Fsp3) is 0.214. The number of carbonyl (C=O) groups is 1. The van der Waals surface area contributed by atoms with Crippen molar-refractivity contribution in [2.24, 2.45) is 0 Å². The normalized spacial score (nSPS) is 18.6. The molecule has 0 bridgehead atoms. The second kappa shape index (κ2) is 9.23. The number of nitrogens with one attached hydrogen (secondary N) is 1. The van der Waals surface area contributed by atoms with Gasteiger partial charge in [0.2, 0.25) is 0 Å². The summed E-state index contributed by atoms with van der Waals surface area (Å²) in [6, 6.07) is 9.50. The van der Waals surface area contributed by atoms with Gasteiger partial charge in [-0.15, -0.1) is 0 Å². The summed E-state index contributed by atoms with van der Waals surface area (Å²) in [5.74, 6) is -3.11. The largest absolute Gasteiger partial charge is 0.489 e. The lowest BCUT2D eigenvalue weighted by Gasteiger charge is -2.40. The molecule has 1 unspecified atom stereocenters. The third-order valence-electron chi connectivity index (χ3n) is 7.18. The highest BCUT2D eigenvalue weighted by Gasteiger charge is 2.65. The average molecular weight is 614 g/mol. The molecule has 3 heterocycles. The zero-order valence-electron chi connectivity index (χ0n) is 21.6. The van der Waals surface area contributed by atoms with Gasteiger partial charge in [0.05, 0.1) is 29.9 Å².